The zero-order valence-corrected chi connectivity index (χ0v) is 20.6. The summed E-state index contributed by atoms with van der Waals surface area (Å²) < 4.78 is 2.36. The van der Waals surface area contributed by atoms with Gasteiger partial charge in [0, 0.05) is 34.5 Å². The minimum atomic E-state index is 0.987. The topological polar surface area (TPSA) is 34.0 Å². The minimum Gasteiger partial charge on any atom is -0.309 e. The van der Waals surface area contributed by atoms with E-state index in [0.29, 0.717) is 0 Å². The van der Waals surface area contributed by atoms with Gasteiger partial charge in [-0.15, -0.1) is 0 Å². The summed E-state index contributed by atoms with van der Waals surface area (Å²) in [6.45, 7) is 0. The first kappa shape index (κ1) is 22.0. The van der Waals surface area contributed by atoms with E-state index in [4.69, 9.17) is 0 Å². The molecular formula is C34H24N4. The van der Waals surface area contributed by atoms with Gasteiger partial charge < -0.3 is 9.47 Å². The maximum atomic E-state index is 4.35. The van der Waals surface area contributed by atoms with Gasteiger partial charge in [0.2, 0.25) is 0 Å². The fourth-order valence-electron chi connectivity index (χ4n) is 5.32. The molecule has 0 fully saturated rings. The number of anilines is 3. The SMILES string of the molecule is c1ccc(-n2c3ccccc3c3c(-c4ccc(N(c5cccnc5)c5cccnc5)cc4)cccc32)cc1. The highest BCUT2D eigenvalue weighted by Crippen LogP contribution is 2.40. The maximum Gasteiger partial charge on any atom is 0.0645 e. The summed E-state index contributed by atoms with van der Waals surface area (Å²) in [5.41, 5.74) is 8.98. The summed E-state index contributed by atoms with van der Waals surface area (Å²) >= 11 is 0. The predicted octanol–water partition coefficient (Wildman–Crippen LogP) is 8.71. The van der Waals surface area contributed by atoms with Crippen LogP contribution in [0.2, 0.25) is 0 Å². The highest BCUT2D eigenvalue weighted by molar-refractivity contribution is 6.15. The van der Waals surface area contributed by atoms with Crippen molar-refractivity contribution in [2.24, 2.45) is 0 Å². The molecule has 4 aromatic carbocycles. The van der Waals surface area contributed by atoms with Crippen LogP contribution >= 0.6 is 0 Å². The van der Waals surface area contributed by atoms with E-state index >= 15 is 0 Å². The van der Waals surface area contributed by atoms with Crippen molar-refractivity contribution in [3.63, 3.8) is 0 Å². The lowest BCUT2D eigenvalue weighted by Gasteiger charge is -2.24. The van der Waals surface area contributed by atoms with Crippen molar-refractivity contribution in [1.29, 1.82) is 0 Å². The third-order valence-corrected chi connectivity index (χ3v) is 6.96. The molecule has 3 aromatic heterocycles. The predicted molar refractivity (Wildman–Crippen MR) is 156 cm³/mol. The minimum absolute atomic E-state index is 0.987. The molecule has 7 rings (SSSR count). The van der Waals surface area contributed by atoms with Gasteiger partial charge in [0.05, 0.1) is 34.8 Å². The fourth-order valence-corrected chi connectivity index (χ4v) is 5.32. The molecule has 0 atom stereocenters. The Morgan fingerprint density at radius 2 is 1.16 bits per heavy atom. The lowest BCUT2D eigenvalue weighted by Crippen LogP contribution is -2.10. The maximum absolute atomic E-state index is 4.35. The largest absolute Gasteiger partial charge is 0.309 e. The number of benzene rings is 4. The summed E-state index contributed by atoms with van der Waals surface area (Å²) in [5.74, 6) is 0. The Balaban J connectivity index is 1.39. The number of aromatic nitrogens is 3. The standard InChI is InChI=1S/C34H24N4/c1-2-9-26(10-3-1)38-32-15-5-4-13-31(32)34-30(14-6-16-33(34)38)25-17-19-27(20-18-25)37(28-11-7-21-35-23-28)29-12-8-22-36-24-29/h1-24H. The molecule has 4 nitrogen and oxygen atoms in total. The van der Waals surface area contributed by atoms with Gasteiger partial charge in [0.15, 0.2) is 0 Å². The van der Waals surface area contributed by atoms with Crippen molar-refractivity contribution in [2.45, 2.75) is 0 Å². The van der Waals surface area contributed by atoms with Gasteiger partial charge in [-0.1, -0.05) is 60.7 Å². The number of pyridine rings is 2. The van der Waals surface area contributed by atoms with Crippen LogP contribution in [0.25, 0.3) is 38.6 Å². The molecule has 0 aliphatic rings. The van der Waals surface area contributed by atoms with E-state index in [-0.39, 0.29) is 0 Å². The van der Waals surface area contributed by atoms with Gasteiger partial charge in [0.1, 0.15) is 0 Å². The van der Waals surface area contributed by atoms with Gasteiger partial charge in [-0.2, -0.15) is 0 Å². The zero-order valence-electron chi connectivity index (χ0n) is 20.6. The first-order chi connectivity index (χ1) is 18.9. The molecular weight excluding hydrogens is 464 g/mol. The lowest BCUT2D eigenvalue weighted by molar-refractivity contribution is 1.18. The van der Waals surface area contributed by atoms with Crippen LogP contribution in [0.3, 0.4) is 0 Å². The van der Waals surface area contributed by atoms with Crippen molar-refractivity contribution in [2.75, 3.05) is 4.90 Å². The summed E-state index contributed by atoms with van der Waals surface area (Å²) in [7, 11) is 0. The van der Waals surface area contributed by atoms with Crippen molar-refractivity contribution in [3.8, 4) is 16.8 Å². The Bertz CT molecular complexity index is 1800. The molecule has 0 amide bonds. The molecule has 0 saturated carbocycles. The molecule has 0 spiro atoms. The van der Waals surface area contributed by atoms with Crippen LogP contribution in [-0.2, 0) is 0 Å². The molecule has 0 aliphatic heterocycles. The Labute approximate surface area is 221 Å². The monoisotopic (exact) mass is 488 g/mol. The average molecular weight is 489 g/mol. The third-order valence-electron chi connectivity index (χ3n) is 6.96. The summed E-state index contributed by atoms with van der Waals surface area (Å²) in [4.78, 5) is 10.9. The van der Waals surface area contributed by atoms with Crippen molar-refractivity contribution in [1.82, 2.24) is 14.5 Å². The van der Waals surface area contributed by atoms with Crippen LogP contribution < -0.4 is 4.90 Å². The van der Waals surface area contributed by atoms with Gasteiger partial charge in [-0.05, 0) is 71.8 Å². The van der Waals surface area contributed by atoms with Crippen molar-refractivity contribution < 1.29 is 0 Å². The quantitative estimate of drug-likeness (QED) is 0.243. The number of fused-ring (bicyclic) bond motifs is 3. The van der Waals surface area contributed by atoms with Crippen LogP contribution in [0.4, 0.5) is 17.1 Å². The molecule has 0 radical (unpaired) electrons. The average Bonchev–Trinajstić information content (AvgIpc) is 3.34. The number of rotatable bonds is 5. The van der Waals surface area contributed by atoms with Crippen LogP contribution in [0, 0.1) is 0 Å². The molecule has 180 valence electrons. The molecule has 38 heavy (non-hydrogen) atoms. The van der Waals surface area contributed by atoms with E-state index in [1.165, 1.54) is 32.9 Å². The van der Waals surface area contributed by atoms with E-state index < -0.39 is 0 Å². The fraction of sp³-hybridized carbons (Fsp3) is 0. The molecule has 0 N–H and O–H groups in total. The third kappa shape index (κ3) is 3.71. The Morgan fingerprint density at radius 1 is 0.500 bits per heavy atom. The second-order valence-corrected chi connectivity index (χ2v) is 9.19. The summed E-state index contributed by atoms with van der Waals surface area (Å²) in [6.07, 6.45) is 7.33. The molecule has 0 aliphatic carbocycles. The van der Waals surface area contributed by atoms with Crippen LogP contribution in [-0.4, -0.2) is 14.5 Å². The van der Waals surface area contributed by atoms with Crippen molar-refractivity contribution >= 4 is 38.9 Å². The zero-order chi connectivity index (χ0) is 25.3. The molecule has 4 heteroatoms. The second kappa shape index (κ2) is 9.34. The smallest absolute Gasteiger partial charge is 0.0645 e. The number of nitrogens with zero attached hydrogens (tertiary/aromatic N) is 4. The first-order valence-corrected chi connectivity index (χ1v) is 12.7. The molecule has 0 unspecified atom stereocenters. The van der Waals surface area contributed by atoms with E-state index in [9.17, 15) is 0 Å². The lowest BCUT2D eigenvalue weighted by atomic mass is 9.99. The van der Waals surface area contributed by atoms with Gasteiger partial charge in [-0.3, -0.25) is 9.97 Å². The van der Waals surface area contributed by atoms with Gasteiger partial charge in [-0.25, -0.2) is 0 Å². The van der Waals surface area contributed by atoms with Gasteiger partial charge in [0.25, 0.3) is 0 Å². The van der Waals surface area contributed by atoms with Crippen molar-refractivity contribution in [3.05, 3.63) is 146 Å². The Hall–Kier alpha value is -5.22. The molecule has 0 saturated heterocycles. The first-order valence-electron chi connectivity index (χ1n) is 12.7. The number of hydrogen-bond acceptors (Lipinski definition) is 3. The Kier molecular flexibility index (Phi) is 5.41. The molecule has 3 heterocycles. The number of para-hydroxylation sites is 2. The van der Waals surface area contributed by atoms with Crippen LogP contribution in [0.15, 0.2) is 146 Å². The van der Waals surface area contributed by atoms with E-state index in [0.717, 1.165) is 22.7 Å². The molecule has 0 bridgehead atoms. The highest BCUT2D eigenvalue weighted by atomic mass is 15.2. The van der Waals surface area contributed by atoms with Gasteiger partial charge >= 0.3 is 0 Å². The number of hydrogen-bond donors (Lipinski definition) is 0. The second-order valence-electron chi connectivity index (χ2n) is 9.19. The van der Waals surface area contributed by atoms with E-state index in [2.05, 4.69) is 129 Å². The normalized spacial score (nSPS) is 11.2. The highest BCUT2D eigenvalue weighted by Gasteiger charge is 2.17. The summed E-state index contributed by atoms with van der Waals surface area (Å²) in [6, 6.07) is 42.6. The summed E-state index contributed by atoms with van der Waals surface area (Å²) in [5, 5.41) is 2.51. The van der Waals surface area contributed by atoms with Crippen LogP contribution in [0.5, 0.6) is 0 Å². The Morgan fingerprint density at radius 3 is 1.84 bits per heavy atom. The molecule has 7 aromatic rings. The van der Waals surface area contributed by atoms with E-state index in [1.54, 1.807) is 12.4 Å². The van der Waals surface area contributed by atoms with Crippen LogP contribution in [0.1, 0.15) is 0 Å². The van der Waals surface area contributed by atoms with E-state index in [1.807, 2.05) is 24.5 Å².